The minimum atomic E-state index is -0.495. The predicted octanol–water partition coefficient (Wildman–Crippen LogP) is 1.17. The number of aliphatic hydroxyl groups is 1. The van der Waals surface area contributed by atoms with Crippen molar-refractivity contribution in [2.24, 2.45) is 5.92 Å². The van der Waals surface area contributed by atoms with Crippen LogP contribution in [0.25, 0.3) is 5.69 Å². The third-order valence-electron chi connectivity index (χ3n) is 3.83. The van der Waals surface area contributed by atoms with Crippen LogP contribution < -0.4 is 0 Å². The van der Waals surface area contributed by atoms with E-state index in [0.717, 1.165) is 11.1 Å². The molecule has 0 aliphatic carbocycles. The van der Waals surface area contributed by atoms with Crippen molar-refractivity contribution in [3.63, 3.8) is 0 Å². The first-order chi connectivity index (χ1) is 10.6. The number of aromatic hydroxyl groups is 1. The van der Waals surface area contributed by atoms with Gasteiger partial charge in [-0.25, -0.2) is 9.07 Å². The van der Waals surface area contributed by atoms with Gasteiger partial charge in [0.05, 0.1) is 6.20 Å². The molecule has 0 radical (unpaired) electrons. The topological polar surface area (TPSA) is 78.6 Å². The summed E-state index contributed by atoms with van der Waals surface area (Å²) >= 11 is 0. The van der Waals surface area contributed by atoms with Crippen molar-refractivity contribution < 1.29 is 19.4 Å². The first kappa shape index (κ1) is 14.5. The van der Waals surface area contributed by atoms with E-state index in [1.165, 1.54) is 23.2 Å². The molecule has 1 aliphatic heterocycles. The van der Waals surface area contributed by atoms with Gasteiger partial charge in [0.2, 0.25) is 0 Å². The Hall–Kier alpha value is -2.41. The fraction of sp³-hybridized carbons (Fsp3) is 0.333. The molecule has 1 fully saturated rings. The minimum Gasteiger partial charge on any atom is -0.504 e. The molecule has 1 saturated heterocycles. The standard InChI is InChI=1S/C15H16FN3O3/c16-11-3-1-2-4-12(11)19-8-13(21)14(17-19)15(22)18-6-5-10(7-18)9-20/h1-4,8,10,20-21H,5-7,9H2. The van der Waals surface area contributed by atoms with Crippen molar-refractivity contribution in [1.82, 2.24) is 14.7 Å². The molecule has 1 amide bonds. The Labute approximate surface area is 126 Å². The summed E-state index contributed by atoms with van der Waals surface area (Å²) in [5, 5.41) is 23.1. The van der Waals surface area contributed by atoms with Gasteiger partial charge in [-0.3, -0.25) is 4.79 Å². The zero-order valence-corrected chi connectivity index (χ0v) is 11.8. The summed E-state index contributed by atoms with van der Waals surface area (Å²) in [5.41, 5.74) is 0.0494. The Kier molecular flexibility index (Phi) is 3.81. The molecule has 7 heteroatoms. The zero-order valence-electron chi connectivity index (χ0n) is 11.8. The van der Waals surface area contributed by atoms with E-state index in [9.17, 15) is 14.3 Å². The quantitative estimate of drug-likeness (QED) is 0.892. The van der Waals surface area contributed by atoms with Crippen molar-refractivity contribution >= 4 is 5.91 Å². The normalized spacial score (nSPS) is 17.9. The van der Waals surface area contributed by atoms with Crippen LogP contribution >= 0.6 is 0 Å². The molecule has 0 bridgehead atoms. The summed E-state index contributed by atoms with van der Waals surface area (Å²) in [7, 11) is 0. The van der Waals surface area contributed by atoms with Gasteiger partial charge >= 0.3 is 0 Å². The lowest BCUT2D eigenvalue weighted by Crippen LogP contribution is -2.29. The van der Waals surface area contributed by atoms with Gasteiger partial charge in [-0.15, -0.1) is 0 Å². The molecule has 0 saturated carbocycles. The number of para-hydroxylation sites is 1. The molecule has 2 aromatic rings. The van der Waals surface area contributed by atoms with E-state index >= 15 is 0 Å². The number of aromatic nitrogens is 2. The van der Waals surface area contributed by atoms with E-state index in [2.05, 4.69) is 5.10 Å². The monoisotopic (exact) mass is 305 g/mol. The van der Waals surface area contributed by atoms with Crippen LogP contribution in [0.3, 0.4) is 0 Å². The number of hydrogen-bond acceptors (Lipinski definition) is 4. The maximum atomic E-state index is 13.7. The predicted molar refractivity (Wildman–Crippen MR) is 76.3 cm³/mol. The molecule has 2 N–H and O–H groups in total. The average molecular weight is 305 g/mol. The molecule has 1 aliphatic rings. The summed E-state index contributed by atoms with van der Waals surface area (Å²) in [6.45, 7) is 0.969. The number of benzene rings is 1. The highest BCUT2D eigenvalue weighted by molar-refractivity contribution is 5.95. The fourth-order valence-electron chi connectivity index (χ4n) is 2.59. The van der Waals surface area contributed by atoms with Gasteiger partial charge in [-0.2, -0.15) is 5.10 Å². The lowest BCUT2D eigenvalue weighted by atomic mass is 10.1. The van der Waals surface area contributed by atoms with Crippen LogP contribution in [0.1, 0.15) is 16.9 Å². The Morgan fingerprint density at radius 1 is 1.41 bits per heavy atom. The number of carbonyl (C=O) groups excluding carboxylic acids is 1. The summed E-state index contributed by atoms with van der Waals surface area (Å²) < 4.78 is 14.9. The lowest BCUT2D eigenvalue weighted by Gasteiger charge is -2.14. The maximum absolute atomic E-state index is 13.7. The molecule has 1 aromatic heterocycles. The lowest BCUT2D eigenvalue weighted by molar-refractivity contribution is 0.0772. The number of rotatable bonds is 3. The molecule has 22 heavy (non-hydrogen) atoms. The largest absolute Gasteiger partial charge is 0.504 e. The molecule has 2 heterocycles. The van der Waals surface area contributed by atoms with Crippen LogP contribution in [0.2, 0.25) is 0 Å². The van der Waals surface area contributed by atoms with E-state index in [4.69, 9.17) is 5.11 Å². The van der Waals surface area contributed by atoms with Gasteiger partial charge in [0.1, 0.15) is 11.5 Å². The van der Waals surface area contributed by atoms with E-state index in [1.807, 2.05) is 0 Å². The van der Waals surface area contributed by atoms with Crippen molar-refractivity contribution in [2.45, 2.75) is 6.42 Å². The second-order valence-corrected chi connectivity index (χ2v) is 5.35. The van der Waals surface area contributed by atoms with E-state index in [1.54, 1.807) is 12.1 Å². The molecule has 1 aromatic carbocycles. The number of amides is 1. The number of aliphatic hydroxyl groups excluding tert-OH is 1. The van der Waals surface area contributed by atoms with Crippen molar-refractivity contribution in [3.05, 3.63) is 42.0 Å². The molecular weight excluding hydrogens is 289 g/mol. The number of nitrogens with zero attached hydrogens (tertiary/aromatic N) is 3. The summed E-state index contributed by atoms with van der Waals surface area (Å²) in [6.07, 6.45) is 1.93. The first-order valence-electron chi connectivity index (χ1n) is 7.04. The molecule has 1 atom stereocenters. The van der Waals surface area contributed by atoms with Gasteiger partial charge in [0, 0.05) is 25.6 Å². The van der Waals surface area contributed by atoms with Gasteiger partial charge < -0.3 is 15.1 Å². The van der Waals surface area contributed by atoms with Gasteiger partial charge in [0.15, 0.2) is 11.4 Å². The minimum absolute atomic E-state index is 0.0272. The zero-order chi connectivity index (χ0) is 15.7. The van der Waals surface area contributed by atoms with Crippen LogP contribution in [0, 0.1) is 11.7 Å². The number of likely N-dealkylation sites (tertiary alicyclic amines) is 1. The van der Waals surface area contributed by atoms with Crippen LogP contribution in [-0.4, -0.2) is 50.5 Å². The molecular formula is C15H16FN3O3. The molecule has 6 nitrogen and oxygen atoms in total. The van der Waals surface area contributed by atoms with Gasteiger partial charge in [0.25, 0.3) is 5.91 Å². The highest BCUT2D eigenvalue weighted by atomic mass is 19.1. The third kappa shape index (κ3) is 2.55. The highest BCUT2D eigenvalue weighted by Gasteiger charge is 2.29. The fourth-order valence-corrected chi connectivity index (χ4v) is 2.59. The van der Waals surface area contributed by atoms with Crippen molar-refractivity contribution in [3.8, 4) is 11.4 Å². The Balaban J connectivity index is 1.87. The number of carbonyl (C=O) groups is 1. The Morgan fingerprint density at radius 3 is 2.86 bits per heavy atom. The number of hydrogen-bond donors (Lipinski definition) is 2. The second kappa shape index (κ2) is 5.76. The number of halogens is 1. The first-order valence-corrected chi connectivity index (χ1v) is 7.04. The molecule has 0 spiro atoms. The summed E-state index contributed by atoms with van der Waals surface area (Å²) in [5.74, 6) is -1.14. The van der Waals surface area contributed by atoms with E-state index < -0.39 is 11.7 Å². The molecule has 3 rings (SSSR count). The molecule has 116 valence electrons. The third-order valence-corrected chi connectivity index (χ3v) is 3.83. The summed E-state index contributed by atoms with van der Waals surface area (Å²) in [6, 6.07) is 5.98. The van der Waals surface area contributed by atoms with Gasteiger partial charge in [-0.1, -0.05) is 12.1 Å². The van der Waals surface area contributed by atoms with Crippen molar-refractivity contribution in [2.75, 3.05) is 19.7 Å². The van der Waals surface area contributed by atoms with E-state index in [0.29, 0.717) is 13.1 Å². The van der Waals surface area contributed by atoms with Crippen LogP contribution in [0.4, 0.5) is 4.39 Å². The SMILES string of the molecule is O=C(c1nn(-c2ccccc2F)cc1O)N1CCC(CO)C1. The van der Waals surface area contributed by atoms with Crippen LogP contribution in [0.15, 0.2) is 30.5 Å². The highest BCUT2D eigenvalue weighted by Crippen LogP contribution is 2.24. The van der Waals surface area contributed by atoms with Crippen molar-refractivity contribution in [1.29, 1.82) is 0 Å². The van der Waals surface area contributed by atoms with Crippen LogP contribution in [-0.2, 0) is 0 Å². The molecule has 1 unspecified atom stereocenters. The van der Waals surface area contributed by atoms with Gasteiger partial charge in [-0.05, 0) is 18.6 Å². The Bertz CT molecular complexity index is 701. The Morgan fingerprint density at radius 2 is 2.18 bits per heavy atom. The maximum Gasteiger partial charge on any atom is 0.278 e. The summed E-state index contributed by atoms with van der Waals surface area (Å²) in [4.78, 5) is 13.9. The van der Waals surface area contributed by atoms with E-state index in [-0.39, 0.29) is 29.7 Å². The average Bonchev–Trinajstić information content (AvgIpc) is 3.13. The van der Waals surface area contributed by atoms with Crippen LogP contribution in [0.5, 0.6) is 5.75 Å². The second-order valence-electron chi connectivity index (χ2n) is 5.35. The smallest absolute Gasteiger partial charge is 0.278 e.